The molecule has 5 aromatic carbocycles. The fourth-order valence-corrected chi connectivity index (χ4v) is 16.7. The Kier molecular flexibility index (Phi) is 50.1. The van der Waals surface area contributed by atoms with Gasteiger partial charge in [-0.05, 0) is 138 Å². The smallest absolute Gasteiger partial charge is 0.416 e. The lowest BCUT2D eigenvalue weighted by atomic mass is 9.99. The maximum atomic E-state index is 14.5. The largest absolute Gasteiger partial charge is 0.493 e. The second-order valence-electron chi connectivity index (χ2n) is 36.8. The molecule has 0 bridgehead atoms. The van der Waals surface area contributed by atoms with Crippen LogP contribution in [0.3, 0.4) is 0 Å². The molecule has 42 heteroatoms. The Morgan fingerprint density at radius 1 is 0.436 bits per heavy atom. The van der Waals surface area contributed by atoms with Crippen molar-refractivity contribution in [2.24, 2.45) is 11.8 Å². The number of carbonyl (C=O) groups excluding carboxylic acids is 11. The van der Waals surface area contributed by atoms with Crippen LogP contribution >= 0.6 is 0 Å². The minimum atomic E-state index is -1.82. The quantitative estimate of drug-likeness (QED) is 0.00998. The van der Waals surface area contributed by atoms with Gasteiger partial charge in [-0.25, -0.2) is 9.69 Å². The van der Waals surface area contributed by atoms with Gasteiger partial charge in [-0.3, -0.25) is 57.7 Å². The first-order valence-electron chi connectivity index (χ1n) is 50.7. The molecule has 5 heterocycles. The summed E-state index contributed by atoms with van der Waals surface area (Å²) in [5.74, 6) is -4.35. The highest BCUT2D eigenvalue weighted by Crippen LogP contribution is 2.45. The van der Waals surface area contributed by atoms with E-state index in [2.05, 4.69) is 37.2 Å². The van der Waals surface area contributed by atoms with Crippen LogP contribution in [0.5, 0.6) is 23.0 Å². The van der Waals surface area contributed by atoms with Crippen LogP contribution in [0.4, 0.5) is 27.5 Å². The van der Waals surface area contributed by atoms with E-state index >= 15 is 0 Å². The number of aliphatic hydroxyl groups excluding tert-OH is 3. The normalized spacial score (nSPS) is 17.3. The molecule has 5 aromatic rings. The van der Waals surface area contributed by atoms with Crippen LogP contribution in [0.15, 0.2) is 151 Å². The molecule has 0 radical (unpaired) electrons. The first-order valence-corrected chi connectivity index (χ1v) is 50.7. The number of hydrogen-bond acceptors (Lipinski definition) is 32. The number of nitrogens with one attached hydrogen (secondary N) is 7. The lowest BCUT2D eigenvalue weighted by molar-refractivity contribution is -0.139. The fraction of sp³-hybridized carbons (Fsp3) is 0.542. The summed E-state index contributed by atoms with van der Waals surface area (Å²) in [5.41, 5.74) is 4.47. The van der Waals surface area contributed by atoms with Crippen molar-refractivity contribution in [2.45, 2.75) is 187 Å². The standard InChI is InChI=1S/C107H148N12O30/c1-70(2)95(109-35-22-38-137-45-47-140-49-51-142-53-55-144-57-58-145-56-54-143-52-50-141-48-46-139-42-36-108-92(120)33-37-115-94(122)63-81(101(115)127)78-23-18-15-13-12-14-16-19-24-78)99(125)110-74(7)97(123)112-79-29-25-76(26-30-79)68-148-106(132)118-84-64-90(88(135-10)61-82(84)102(128)116-66-72(5)59-86(116)104(118)130)146-39-20-17-21-40-147-91-65-85-83(62-89(91)136-11)103(129)117-67-73(6)60-87(117)105(131)119(85)107(133)149-69-77-27-31-80(32-28-77)113-98(124)75(8)111-100(126)96(71(3)4)114-93(121)34-41-138-44-43-134-9/h12-16,18-19,23-32,61-62,64-67,70-71,74-75,81,86-87,95-96,104-106,109,130-132H,17,20-22,33-60,63,68-69H2,1-11H3,(H,108,120)(H,110,125)(H,111,126)(H,112,123)(H,113,124)(H,114,121)/t74-,75-,81?,86-,87-,95-,96-,104-,105-,106?/m0/s1. The van der Waals surface area contributed by atoms with Gasteiger partial charge in [0.25, 0.3) is 11.8 Å². The Morgan fingerprint density at radius 2 is 0.886 bits per heavy atom. The van der Waals surface area contributed by atoms with Gasteiger partial charge < -0.3 is 138 Å². The number of hydrogen-bond donors (Lipinski definition) is 10. The van der Waals surface area contributed by atoms with E-state index in [1.54, 1.807) is 81.7 Å². The third-order valence-electron chi connectivity index (χ3n) is 24.8. The molecule has 816 valence electrons. The van der Waals surface area contributed by atoms with Crippen LogP contribution in [0, 0.1) is 11.8 Å². The molecule has 1 fully saturated rings. The number of amides is 11. The number of methoxy groups -OCH3 is 3. The van der Waals surface area contributed by atoms with Crippen LogP contribution < -0.4 is 66.0 Å². The number of likely N-dealkylation sites (tertiary alicyclic amines) is 1. The van der Waals surface area contributed by atoms with E-state index in [-0.39, 0.29) is 165 Å². The zero-order valence-corrected chi connectivity index (χ0v) is 87.1. The Morgan fingerprint density at radius 3 is 1.38 bits per heavy atom. The van der Waals surface area contributed by atoms with E-state index in [1.807, 2.05) is 82.3 Å². The Labute approximate surface area is 870 Å². The number of anilines is 4. The van der Waals surface area contributed by atoms with Gasteiger partial charge in [0.05, 0.1) is 200 Å². The number of imide groups is 1. The average Bonchev–Trinajstić information content (AvgIpc) is 1.61. The summed E-state index contributed by atoms with van der Waals surface area (Å²) < 4.78 is 91.2. The molecule has 42 nitrogen and oxygen atoms in total. The van der Waals surface area contributed by atoms with Crippen molar-refractivity contribution in [3.05, 3.63) is 179 Å². The number of fused-ring (bicyclic) bond motifs is 4. The van der Waals surface area contributed by atoms with Gasteiger partial charge in [-0.1, -0.05) is 118 Å². The summed E-state index contributed by atoms with van der Waals surface area (Å²) in [7, 11) is 4.37. The molecule has 10 rings (SSSR count). The summed E-state index contributed by atoms with van der Waals surface area (Å²) in [4.78, 5) is 154. The molecule has 10 N–H and O–H groups in total. The second-order valence-corrected chi connectivity index (χ2v) is 36.8. The predicted molar refractivity (Wildman–Crippen MR) is 548 cm³/mol. The first-order chi connectivity index (χ1) is 72.0. The van der Waals surface area contributed by atoms with E-state index < -0.39 is 96.7 Å². The van der Waals surface area contributed by atoms with E-state index in [4.69, 9.17) is 75.8 Å². The van der Waals surface area contributed by atoms with Gasteiger partial charge in [0.15, 0.2) is 35.5 Å². The van der Waals surface area contributed by atoms with Crippen molar-refractivity contribution in [1.29, 1.82) is 0 Å². The average molecular weight is 2080 g/mol. The molecule has 0 saturated carbocycles. The lowest BCUT2D eigenvalue weighted by Gasteiger charge is -2.36. The van der Waals surface area contributed by atoms with Crippen LogP contribution in [0.25, 0.3) is 0 Å². The lowest BCUT2D eigenvalue weighted by Crippen LogP contribution is -2.53. The number of rotatable bonds is 66. The fourth-order valence-electron chi connectivity index (χ4n) is 16.7. The summed E-state index contributed by atoms with van der Waals surface area (Å²) in [6.07, 6.45) is 0.178. The van der Waals surface area contributed by atoms with E-state index in [1.165, 1.54) is 72.1 Å². The van der Waals surface area contributed by atoms with Crippen molar-refractivity contribution in [3.8, 4) is 23.0 Å². The third kappa shape index (κ3) is 37.1. The highest BCUT2D eigenvalue weighted by molar-refractivity contribution is 6.08. The molecule has 0 spiro atoms. The second kappa shape index (κ2) is 62.9. The molecule has 0 aliphatic carbocycles. The summed E-state index contributed by atoms with van der Waals surface area (Å²) in [6.45, 7) is 21.6. The Hall–Kier alpha value is -12.4. The van der Waals surface area contributed by atoms with E-state index in [0.29, 0.717) is 173 Å². The predicted octanol–water partition coefficient (Wildman–Crippen LogP) is 8.07. The van der Waals surface area contributed by atoms with Crippen molar-refractivity contribution >= 4 is 87.9 Å². The number of aliphatic hydroxyl groups is 3. The Bertz CT molecular complexity index is 5260. The van der Waals surface area contributed by atoms with Gasteiger partial charge in [-0.2, -0.15) is 0 Å². The van der Waals surface area contributed by atoms with Crippen LogP contribution in [0.1, 0.15) is 157 Å². The minimum absolute atomic E-state index is 0.00178. The summed E-state index contributed by atoms with van der Waals surface area (Å²) >= 11 is 0. The van der Waals surface area contributed by atoms with Crippen molar-refractivity contribution in [1.82, 2.24) is 41.3 Å². The van der Waals surface area contributed by atoms with E-state index in [9.17, 15) is 68.1 Å². The molecule has 0 aromatic heterocycles. The number of ether oxygens (including phenoxy) is 16. The maximum absolute atomic E-state index is 14.5. The SMILES string of the molecule is COCCOCCC(=O)N[C@H](C(=O)N[C@@H](C)C(=O)Nc1ccc(COC(=O)N2c3cc(OCCCCCOc4cc5c(cc4OC)C(=O)N4C=C(C)C[C@H]4[C@H](O)N5C(O)OCc4ccc(NC(=O)[C@H](C)NC(=O)[C@@H](NCCCOCCOCCOCCOCCOCCOCCOCCOCCNC(=O)CCN5C(=O)CC(c6ccccccccc6)C5=O)C(C)C)cc4)c(OC)cc3C(=O)N3C=C(C)C[C@H]3[C@@H]2O)cc1)C(C)C. The van der Waals surface area contributed by atoms with E-state index in [0.717, 1.165) is 21.6 Å². The highest BCUT2D eigenvalue weighted by atomic mass is 16.6. The van der Waals surface area contributed by atoms with Gasteiger partial charge in [0, 0.05) is 82.0 Å². The number of nitrogens with zero attached hydrogens (tertiary/aromatic N) is 5. The van der Waals surface area contributed by atoms with Gasteiger partial charge in [-0.15, -0.1) is 0 Å². The molecule has 11 amide bonds. The summed E-state index contributed by atoms with van der Waals surface area (Å²) in [6, 6.07) is 30.5. The summed E-state index contributed by atoms with van der Waals surface area (Å²) in [5, 5.41) is 56.2. The third-order valence-corrected chi connectivity index (χ3v) is 24.8. The van der Waals surface area contributed by atoms with Crippen LogP contribution in [-0.4, -0.2) is 330 Å². The first kappa shape index (κ1) is 119. The van der Waals surface area contributed by atoms with Crippen LogP contribution in [-0.2, 0) is 108 Å². The van der Waals surface area contributed by atoms with Crippen molar-refractivity contribution < 1.29 is 144 Å². The minimum Gasteiger partial charge on any atom is -0.493 e. The van der Waals surface area contributed by atoms with Crippen LogP contribution in [0.2, 0.25) is 0 Å². The van der Waals surface area contributed by atoms with Crippen molar-refractivity contribution in [2.75, 3.05) is 200 Å². The molecular weight excluding hydrogens is 1930 g/mol. The van der Waals surface area contributed by atoms with Gasteiger partial charge in [0.2, 0.25) is 53.7 Å². The number of unbranched alkanes of at least 4 members (excludes halogenated alkanes) is 2. The molecular formula is C107H148N12O30. The number of carbonyl (C=O) groups is 11. The Balaban J connectivity index is 0.574. The molecule has 1 saturated heterocycles. The molecule has 10 atom stereocenters. The van der Waals surface area contributed by atoms with Gasteiger partial charge >= 0.3 is 6.09 Å². The topological polar surface area (TPSA) is 497 Å². The van der Waals surface area contributed by atoms with Gasteiger partial charge in [0.1, 0.15) is 24.7 Å². The molecule has 5 aliphatic rings. The monoisotopic (exact) mass is 2080 g/mol. The molecule has 149 heavy (non-hydrogen) atoms. The molecule has 5 aliphatic heterocycles. The highest BCUT2D eigenvalue weighted by Gasteiger charge is 2.48. The maximum Gasteiger partial charge on any atom is 0.416 e. The molecule has 2 unspecified atom stereocenters. The zero-order chi connectivity index (χ0) is 107. The number of benzene rings is 4. The zero-order valence-electron chi connectivity index (χ0n) is 87.1. The van der Waals surface area contributed by atoms with Crippen molar-refractivity contribution in [3.63, 3.8) is 0 Å².